The van der Waals surface area contributed by atoms with Crippen LogP contribution in [0.15, 0.2) is 70.0 Å². The fourth-order valence-electron chi connectivity index (χ4n) is 4.20. The molecule has 2 N–H and O–H groups in total. The number of aryl methyl sites for hydroxylation is 2. The van der Waals surface area contributed by atoms with Crippen LogP contribution in [0.25, 0.3) is 11.0 Å². The summed E-state index contributed by atoms with van der Waals surface area (Å²) in [7, 11) is 0. The monoisotopic (exact) mass is 480 g/mol. The summed E-state index contributed by atoms with van der Waals surface area (Å²) in [6, 6.07) is 16.5. The first-order chi connectivity index (χ1) is 16.8. The molecule has 8 heteroatoms. The van der Waals surface area contributed by atoms with E-state index in [1.54, 1.807) is 4.74 Å². The molecule has 2 aromatic carbocycles. The highest BCUT2D eigenvalue weighted by molar-refractivity contribution is 5.89. The van der Waals surface area contributed by atoms with Gasteiger partial charge in [-0.25, -0.2) is 9.59 Å². The Bertz CT molecular complexity index is 1190. The van der Waals surface area contributed by atoms with Gasteiger partial charge in [0.15, 0.2) is 5.58 Å². The van der Waals surface area contributed by atoms with Gasteiger partial charge in [0, 0.05) is 18.7 Å². The lowest BCUT2D eigenvalue weighted by molar-refractivity contribution is -0.134. The largest absolute Gasteiger partial charge is 0.478 e. The summed E-state index contributed by atoms with van der Waals surface area (Å²) >= 11 is 0. The van der Waals surface area contributed by atoms with Crippen molar-refractivity contribution in [2.24, 2.45) is 5.92 Å². The Labute approximate surface area is 204 Å². The molecule has 1 aliphatic rings. The summed E-state index contributed by atoms with van der Waals surface area (Å²) < 4.78 is 7.32. The van der Waals surface area contributed by atoms with Crippen LogP contribution in [0.4, 0.5) is 0 Å². The number of benzene rings is 2. The Balaban J connectivity index is 0.000000371. The number of piperidine rings is 1. The van der Waals surface area contributed by atoms with Gasteiger partial charge in [0.2, 0.25) is 0 Å². The zero-order chi connectivity index (χ0) is 25.2. The van der Waals surface area contributed by atoms with E-state index in [0.29, 0.717) is 35.6 Å². The van der Waals surface area contributed by atoms with Crippen molar-refractivity contribution >= 4 is 22.9 Å². The molecule has 0 saturated carbocycles. The molecule has 35 heavy (non-hydrogen) atoms. The topological polar surface area (TPSA) is 113 Å². The lowest BCUT2D eigenvalue weighted by Crippen LogP contribution is -2.35. The maximum Gasteiger partial charge on any atom is 0.328 e. The standard InChI is InChI=1S/C23H28N2O2.C4H4O4/c1-18-7-8-21-22(17-18)27-25(23(21)26)16-12-20-10-14-24(15-11-20)13-9-19-5-3-2-4-6-19;5-3(6)1-2-4(7)8/h2-8,17,20H,9-16H2,1H3;1-2H,(H,5,6)(H,7,8). The van der Waals surface area contributed by atoms with E-state index in [-0.39, 0.29) is 5.56 Å². The van der Waals surface area contributed by atoms with Gasteiger partial charge in [-0.15, -0.1) is 0 Å². The van der Waals surface area contributed by atoms with Crippen LogP contribution in [0.1, 0.15) is 30.4 Å². The molecule has 0 radical (unpaired) electrons. The van der Waals surface area contributed by atoms with Crippen molar-refractivity contribution in [2.75, 3.05) is 19.6 Å². The molecule has 1 saturated heterocycles. The van der Waals surface area contributed by atoms with Gasteiger partial charge in [-0.2, -0.15) is 4.74 Å². The molecule has 8 nitrogen and oxygen atoms in total. The third-order valence-corrected chi connectivity index (χ3v) is 6.18. The Morgan fingerprint density at radius 3 is 2.29 bits per heavy atom. The molecule has 1 aliphatic heterocycles. The smallest absolute Gasteiger partial charge is 0.328 e. The minimum Gasteiger partial charge on any atom is -0.478 e. The van der Waals surface area contributed by atoms with Gasteiger partial charge in [-0.1, -0.05) is 36.4 Å². The van der Waals surface area contributed by atoms with Crippen molar-refractivity contribution < 1.29 is 24.3 Å². The first kappa shape index (κ1) is 26.0. The van der Waals surface area contributed by atoms with Crippen LogP contribution >= 0.6 is 0 Å². The van der Waals surface area contributed by atoms with Crippen molar-refractivity contribution in [3.05, 3.63) is 82.2 Å². The number of rotatable bonds is 8. The van der Waals surface area contributed by atoms with Gasteiger partial charge in [0.25, 0.3) is 5.56 Å². The van der Waals surface area contributed by atoms with E-state index in [2.05, 4.69) is 35.2 Å². The maximum atomic E-state index is 12.4. The second-order valence-electron chi connectivity index (χ2n) is 8.82. The van der Waals surface area contributed by atoms with E-state index in [4.69, 9.17) is 14.7 Å². The number of aliphatic carboxylic acids is 2. The number of fused-ring (bicyclic) bond motifs is 1. The van der Waals surface area contributed by atoms with E-state index in [9.17, 15) is 14.4 Å². The number of aromatic nitrogens is 1. The normalized spacial score (nSPS) is 14.7. The van der Waals surface area contributed by atoms with Gasteiger partial charge in [-0.3, -0.25) is 4.79 Å². The molecule has 0 atom stereocenters. The molecule has 0 amide bonds. The first-order valence-electron chi connectivity index (χ1n) is 11.8. The molecule has 4 rings (SSSR count). The van der Waals surface area contributed by atoms with Crippen LogP contribution in [-0.4, -0.2) is 51.4 Å². The third-order valence-electron chi connectivity index (χ3n) is 6.18. The zero-order valence-corrected chi connectivity index (χ0v) is 19.9. The van der Waals surface area contributed by atoms with E-state index in [0.717, 1.165) is 38.0 Å². The van der Waals surface area contributed by atoms with Crippen LogP contribution in [0, 0.1) is 12.8 Å². The zero-order valence-electron chi connectivity index (χ0n) is 19.9. The fraction of sp³-hybridized carbons (Fsp3) is 0.370. The molecule has 0 aliphatic carbocycles. The molecule has 0 unspecified atom stereocenters. The van der Waals surface area contributed by atoms with Gasteiger partial charge in [0.1, 0.15) is 0 Å². The number of carboxylic acids is 2. The highest BCUT2D eigenvalue weighted by Gasteiger charge is 2.20. The van der Waals surface area contributed by atoms with Crippen LogP contribution in [0.3, 0.4) is 0 Å². The Kier molecular flexibility index (Phi) is 9.43. The highest BCUT2D eigenvalue weighted by Crippen LogP contribution is 2.22. The number of hydrogen-bond donors (Lipinski definition) is 2. The maximum absolute atomic E-state index is 12.4. The van der Waals surface area contributed by atoms with Crippen molar-refractivity contribution in [3.8, 4) is 0 Å². The molecule has 0 bridgehead atoms. The predicted molar refractivity (Wildman–Crippen MR) is 134 cm³/mol. The Hall–Kier alpha value is -3.65. The lowest BCUT2D eigenvalue weighted by Gasteiger charge is -2.31. The molecule has 186 valence electrons. The van der Waals surface area contributed by atoms with Crippen molar-refractivity contribution in [3.63, 3.8) is 0 Å². The number of carboxylic acid groups (broad SMARTS) is 2. The molecule has 2 heterocycles. The summed E-state index contributed by atoms with van der Waals surface area (Å²) in [6.07, 6.45) is 5.68. The Morgan fingerprint density at radius 2 is 1.66 bits per heavy atom. The van der Waals surface area contributed by atoms with Gasteiger partial charge in [0.05, 0.1) is 11.9 Å². The highest BCUT2D eigenvalue weighted by atomic mass is 16.5. The fourth-order valence-corrected chi connectivity index (χ4v) is 4.20. The van der Waals surface area contributed by atoms with Gasteiger partial charge in [-0.05, 0) is 74.9 Å². The average molecular weight is 481 g/mol. The lowest BCUT2D eigenvalue weighted by atomic mass is 9.93. The number of carbonyl (C=O) groups is 2. The molecule has 1 fully saturated rings. The minimum absolute atomic E-state index is 0.00490. The second-order valence-corrected chi connectivity index (χ2v) is 8.82. The van der Waals surface area contributed by atoms with Crippen LogP contribution in [0.5, 0.6) is 0 Å². The average Bonchev–Trinajstić information content (AvgIpc) is 3.16. The van der Waals surface area contributed by atoms with E-state index < -0.39 is 11.9 Å². The van der Waals surface area contributed by atoms with Crippen LogP contribution < -0.4 is 5.56 Å². The quantitative estimate of drug-likeness (QED) is 0.469. The number of nitrogens with zero attached hydrogens (tertiary/aromatic N) is 2. The first-order valence-corrected chi connectivity index (χ1v) is 11.8. The minimum atomic E-state index is -1.26. The van der Waals surface area contributed by atoms with Crippen LogP contribution in [-0.2, 0) is 22.6 Å². The summed E-state index contributed by atoms with van der Waals surface area (Å²) in [4.78, 5) is 34.1. The SMILES string of the molecule is Cc1ccc2c(=O)n(CCC3CCN(CCc4ccccc4)CC3)oc2c1.O=C(O)C=CC(=O)O. The summed E-state index contributed by atoms with van der Waals surface area (Å²) in [6.45, 7) is 6.15. The Morgan fingerprint density at radius 1 is 1.00 bits per heavy atom. The second kappa shape index (κ2) is 12.7. The molecule has 0 spiro atoms. The summed E-state index contributed by atoms with van der Waals surface area (Å²) in [5, 5.41) is 16.3. The van der Waals surface area contributed by atoms with E-state index >= 15 is 0 Å². The molecular weight excluding hydrogens is 448 g/mol. The van der Waals surface area contributed by atoms with Crippen LogP contribution in [0.2, 0.25) is 0 Å². The molecular formula is C27H32N2O6. The predicted octanol–water partition coefficient (Wildman–Crippen LogP) is 3.96. The summed E-state index contributed by atoms with van der Waals surface area (Å²) in [5.41, 5.74) is 3.24. The van der Waals surface area contributed by atoms with Crippen molar-refractivity contribution in [1.29, 1.82) is 0 Å². The number of hydrogen-bond acceptors (Lipinski definition) is 5. The van der Waals surface area contributed by atoms with Gasteiger partial charge < -0.3 is 19.6 Å². The summed E-state index contributed by atoms with van der Waals surface area (Å²) in [5.74, 6) is -1.83. The van der Waals surface area contributed by atoms with Gasteiger partial charge >= 0.3 is 11.9 Å². The third kappa shape index (κ3) is 8.26. The molecule has 1 aromatic heterocycles. The number of likely N-dealkylation sites (tertiary alicyclic amines) is 1. The molecule has 3 aromatic rings. The van der Waals surface area contributed by atoms with Crippen molar-refractivity contribution in [1.82, 2.24) is 9.64 Å². The van der Waals surface area contributed by atoms with Crippen molar-refractivity contribution in [2.45, 2.75) is 39.2 Å². The van der Waals surface area contributed by atoms with E-state index in [1.807, 2.05) is 25.1 Å². The van der Waals surface area contributed by atoms with E-state index in [1.165, 1.54) is 18.4 Å².